The summed E-state index contributed by atoms with van der Waals surface area (Å²) in [5.74, 6) is -0.133. The molecule has 0 aliphatic rings. The van der Waals surface area contributed by atoms with Gasteiger partial charge in [-0.25, -0.2) is 9.67 Å². The van der Waals surface area contributed by atoms with Gasteiger partial charge in [0.15, 0.2) is 0 Å². The van der Waals surface area contributed by atoms with E-state index in [0.717, 1.165) is 29.9 Å². The Labute approximate surface area is 173 Å². The van der Waals surface area contributed by atoms with E-state index in [-0.39, 0.29) is 5.91 Å². The quantitative estimate of drug-likeness (QED) is 0.475. The lowest BCUT2D eigenvalue weighted by Crippen LogP contribution is -2.25. The summed E-state index contributed by atoms with van der Waals surface area (Å²) in [5.41, 5.74) is 3.06. The Bertz CT molecular complexity index is 1070. The molecule has 3 heterocycles. The summed E-state index contributed by atoms with van der Waals surface area (Å²) in [4.78, 5) is 20.7. The third-order valence-corrected chi connectivity index (χ3v) is 4.69. The molecular weight excluding hydrogens is 388 g/mol. The van der Waals surface area contributed by atoms with Gasteiger partial charge in [-0.2, -0.15) is 5.10 Å². The van der Waals surface area contributed by atoms with Crippen LogP contribution in [0, 0.1) is 0 Å². The van der Waals surface area contributed by atoms with Crippen LogP contribution in [0.25, 0.3) is 16.9 Å². The third-order valence-electron chi connectivity index (χ3n) is 4.43. The summed E-state index contributed by atoms with van der Waals surface area (Å²) in [5, 5.41) is 7.96. The lowest BCUT2D eigenvalue weighted by molar-refractivity contribution is 0.0952. The topological polar surface area (TPSA) is 77.6 Å². The Morgan fingerprint density at radius 3 is 2.69 bits per heavy atom. The van der Waals surface area contributed by atoms with Crippen LogP contribution in [0.1, 0.15) is 16.8 Å². The normalized spacial score (nSPS) is 10.8. The number of benzene rings is 1. The number of carbonyl (C=O) groups is 1. The lowest BCUT2D eigenvalue weighted by Gasteiger charge is -2.06. The van der Waals surface area contributed by atoms with Crippen molar-refractivity contribution in [3.05, 3.63) is 84.3 Å². The third kappa shape index (κ3) is 4.70. The Morgan fingerprint density at radius 2 is 1.97 bits per heavy atom. The molecule has 0 radical (unpaired) electrons. The summed E-state index contributed by atoms with van der Waals surface area (Å²) < 4.78 is 3.74. The highest BCUT2D eigenvalue weighted by Gasteiger charge is 2.08. The molecule has 0 fully saturated rings. The van der Waals surface area contributed by atoms with E-state index in [1.54, 1.807) is 35.7 Å². The molecule has 0 unspecified atom stereocenters. The van der Waals surface area contributed by atoms with Crippen molar-refractivity contribution in [3.8, 4) is 16.9 Å². The van der Waals surface area contributed by atoms with Gasteiger partial charge >= 0.3 is 0 Å². The number of pyridine rings is 1. The van der Waals surface area contributed by atoms with Gasteiger partial charge in [-0.15, -0.1) is 0 Å². The van der Waals surface area contributed by atoms with Crippen molar-refractivity contribution in [2.75, 3.05) is 6.54 Å². The molecule has 7 nitrogen and oxygen atoms in total. The van der Waals surface area contributed by atoms with Crippen molar-refractivity contribution in [2.24, 2.45) is 0 Å². The second-order valence-electron chi connectivity index (χ2n) is 6.49. The number of amides is 1. The minimum atomic E-state index is -0.133. The van der Waals surface area contributed by atoms with Gasteiger partial charge in [0.1, 0.15) is 0 Å². The molecule has 0 bridgehead atoms. The first kappa shape index (κ1) is 18.9. The van der Waals surface area contributed by atoms with E-state index >= 15 is 0 Å². The highest BCUT2D eigenvalue weighted by molar-refractivity contribution is 6.30. The Hall–Kier alpha value is -3.45. The predicted molar refractivity (Wildman–Crippen MR) is 111 cm³/mol. The van der Waals surface area contributed by atoms with Crippen molar-refractivity contribution >= 4 is 17.5 Å². The minimum absolute atomic E-state index is 0.133. The standard InChI is InChI=1S/C21H19ClN6O/c22-18-3-5-19(6-4-18)28-14-17(13-26-28)20-7-2-16(12-25-20)21(29)24-8-1-10-27-11-9-23-15-27/h2-7,9,11-15H,1,8,10H2,(H,24,29). The molecule has 0 spiro atoms. The van der Waals surface area contributed by atoms with E-state index in [2.05, 4.69) is 20.4 Å². The van der Waals surface area contributed by atoms with Gasteiger partial charge in [0.2, 0.25) is 0 Å². The van der Waals surface area contributed by atoms with Crippen molar-refractivity contribution < 1.29 is 4.79 Å². The van der Waals surface area contributed by atoms with Gasteiger partial charge in [0.25, 0.3) is 5.91 Å². The van der Waals surface area contributed by atoms with E-state index in [0.29, 0.717) is 17.1 Å². The smallest absolute Gasteiger partial charge is 0.252 e. The van der Waals surface area contributed by atoms with Gasteiger partial charge in [0, 0.05) is 48.5 Å². The van der Waals surface area contributed by atoms with Crippen LogP contribution in [0.15, 0.2) is 73.7 Å². The number of halogens is 1. The maximum Gasteiger partial charge on any atom is 0.252 e. The number of nitrogens with one attached hydrogen (secondary N) is 1. The first-order valence-electron chi connectivity index (χ1n) is 9.20. The average Bonchev–Trinajstić information content (AvgIpc) is 3.44. The summed E-state index contributed by atoms with van der Waals surface area (Å²) in [6.07, 6.45) is 11.5. The molecule has 146 valence electrons. The van der Waals surface area contributed by atoms with Crippen molar-refractivity contribution in [1.29, 1.82) is 0 Å². The van der Waals surface area contributed by atoms with Crippen molar-refractivity contribution in [2.45, 2.75) is 13.0 Å². The number of aromatic nitrogens is 5. The number of rotatable bonds is 7. The largest absolute Gasteiger partial charge is 0.352 e. The molecule has 4 rings (SSSR count). The number of aryl methyl sites for hydroxylation is 1. The maximum absolute atomic E-state index is 12.3. The highest BCUT2D eigenvalue weighted by Crippen LogP contribution is 2.19. The van der Waals surface area contributed by atoms with Crippen LogP contribution in [0.4, 0.5) is 0 Å². The van der Waals surface area contributed by atoms with Gasteiger partial charge < -0.3 is 9.88 Å². The number of nitrogens with zero attached hydrogens (tertiary/aromatic N) is 5. The summed E-state index contributed by atoms with van der Waals surface area (Å²) in [6.45, 7) is 1.40. The molecule has 4 aromatic rings. The average molecular weight is 407 g/mol. The first-order valence-corrected chi connectivity index (χ1v) is 9.58. The fourth-order valence-electron chi connectivity index (χ4n) is 2.87. The van der Waals surface area contributed by atoms with Gasteiger partial charge in [-0.3, -0.25) is 9.78 Å². The fraction of sp³-hybridized carbons (Fsp3) is 0.143. The number of imidazole rings is 1. The summed E-state index contributed by atoms with van der Waals surface area (Å²) >= 11 is 5.93. The molecule has 29 heavy (non-hydrogen) atoms. The van der Waals surface area contributed by atoms with Crippen LogP contribution in [0.2, 0.25) is 5.02 Å². The number of hydrogen-bond donors (Lipinski definition) is 1. The fourth-order valence-corrected chi connectivity index (χ4v) is 3.00. The molecule has 3 aromatic heterocycles. The highest BCUT2D eigenvalue weighted by atomic mass is 35.5. The van der Waals surface area contributed by atoms with E-state index < -0.39 is 0 Å². The van der Waals surface area contributed by atoms with Gasteiger partial charge in [0.05, 0.1) is 29.5 Å². The molecule has 1 amide bonds. The van der Waals surface area contributed by atoms with Crippen LogP contribution in [-0.2, 0) is 6.54 Å². The monoisotopic (exact) mass is 406 g/mol. The zero-order chi connectivity index (χ0) is 20.1. The molecule has 0 atom stereocenters. The van der Waals surface area contributed by atoms with Crippen molar-refractivity contribution in [3.63, 3.8) is 0 Å². The minimum Gasteiger partial charge on any atom is -0.352 e. The van der Waals surface area contributed by atoms with Crippen molar-refractivity contribution in [1.82, 2.24) is 29.6 Å². The predicted octanol–water partition coefficient (Wildman–Crippen LogP) is 3.60. The molecule has 0 aliphatic heterocycles. The van der Waals surface area contributed by atoms with Gasteiger partial charge in [-0.05, 0) is 42.8 Å². The number of hydrogen-bond acceptors (Lipinski definition) is 4. The summed E-state index contributed by atoms with van der Waals surface area (Å²) in [7, 11) is 0. The van der Waals surface area contributed by atoms with E-state index in [1.165, 1.54) is 0 Å². The zero-order valence-corrected chi connectivity index (χ0v) is 16.3. The second kappa shape index (κ2) is 8.70. The molecule has 0 aliphatic carbocycles. The van der Waals surface area contributed by atoms with Crippen LogP contribution in [-0.4, -0.2) is 36.8 Å². The first-order chi connectivity index (χ1) is 14.2. The lowest BCUT2D eigenvalue weighted by atomic mass is 10.2. The van der Waals surface area contributed by atoms with Gasteiger partial charge in [-0.1, -0.05) is 11.6 Å². The van der Waals surface area contributed by atoms with Crippen LogP contribution in [0.3, 0.4) is 0 Å². The zero-order valence-electron chi connectivity index (χ0n) is 15.6. The number of carbonyl (C=O) groups excluding carboxylic acids is 1. The second-order valence-corrected chi connectivity index (χ2v) is 6.93. The Morgan fingerprint density at radius 1 is 1.10 bits per heavy atom. The van der Waals surface area contributed by atoms with E-state index in [4.69, 9.17) is 11.6 Å². The van der Waals surface area contributed by atoms with E-state index in [9.17, 15) is 4.79 Å². The SMILES string of the molecule is O=C(NCCCn1ccnc1)c1ccc(-c2cnn(-c3ccc(Cl)cc3)c2)nc1. The van der Waals surface area contributed by atoms with Crippen LogP contribution < -0.4 is 5.32 Å². The van der Waals surface area contributed by atoms with E-state index in [1.807, 2.05) is 47.3 Å². The Balaban J connectivity index is 1.35. The summed E-state index contributed by atoms with van der Waals surface area (Å²) in [6, 6.07) is 11.0. The molecule has 1 N–H and O–H groups in total. The molecule has 1 aromatic carbocycles. The molecule has 0 saturated heterocycles. The molecule has 0 saturated carbocycles. The Kier molecular flexibility index (Phi) is 5.67. The van der Waals surface area contributed by atoms with Crippen LogP contribution in [0.5, 0.6) is 0 Å². The maximum atomic E-state index is 12.3. The van der Waals surface area contributed by atoms with Crippen LogP contribution >= 0.6 is 11.6 Å². The molecular formula is C21H19ClN6O. The molecule has 8 heteroatoms.